The maximum atomic E-state index is 4.31. The second-order valence-corrected chi connectivity index (χ2v) is 4.97. The number of nitrogens with zero attached hydrogens (tertiary/aromatic N) is 1. The van der Waals surface area contributed by atoms with Gasteiger partial charge in [0.05, 0.1) is 0 Å². The molecule has 1 aromatic rings. The van der Waals surface area contributed by atoms with Crippen LogP contribution in [0.5, 0.6) is 0 Å². The number of pyridine rings is 1. The third-order valence-corrected chi connectivity index (χ3v) is 2.67. The minimum Gasteiger partial charge on any atom is -0.370 e. The van der Waals surface area contributed by atoms with Crippen LogP contribution in [-0.2, 0) is 0 Å². The van der Waals surface area contributed by atoms with Crippen LogP contribution in [0, 0.1) is 5.92 Å². The molecule has 0 bridgehead atoms. The SMILES string of the molecule is CC(C)CCCCNc1cccc(Br)n1. The molecule has 0 amide bonds. The summed E-state index contributed by atoms with van der Waals surface area (Å²) in [6.07, 6.45) is 3.82. The van der Waals surface area contributed by atoms with E-state index in [2.05, 4.69) is 40.1 Å². The monoisotopic (exact) mass is 270 g/mol. The summed E-state index contributed by atoms with van der Waals surface area (Å²) in [5.74, 6) is 1.77. The van der Waals surface area contributed by atoms with E-state index in [4.69, 9.17) is 0 Å². The molecule has 0 fully saturated rings. The van der Waals surface area contributed by atoms with E-state index in [-0.39, 0.29) is 0 Å². The van der Waals surface area contributed by atoms with Crippen LogP contribution in [-0.4, -0.2) is 11.5 Å². The lowest BCUT2D eigenvalue weighted by molar-refractivity contribution is 0.544. The maximum Gasteiger partial charge on any atom is 0.127 e. The van der Waals surface area contributed by atoms with E-state index in [0.717, 1.165) is 22.9 Å². The summed E-state index contributed by atoms with van der Waals surface area (Å²) in [5.41, 5.74) is 0. The Labute approximate surface area is 101 Å². The second kappa shape index (κ2) is 6.83. The molecule has 1 aromatic heterocycles. The standard InChI is InChI=1S/C12H19BrN2/c1-10(2)6-3-4-9-14-12-8-5-7-11(13)15-12/h5,7-8,10H,3-4,6,9H2,1-2H3,(H,14,15). The number of rotatable bonds is 6. The number of hydrogen-bond acceptors (Lipinski definition) is 2. The zero-order chi connectivity index (χ0) is 11.1. The maximum absolute atomic E-state index is 4.31. The molecule has 0 radical (unpaired) electrons. The molecule has 0 atom stereocenters. The van der Waals surface area contributed by atoms with Crippen LogP contribution < -0.4 is 5.32 Å². The third kappa shape index (κ3) is 5.78. The third-order valence-electron chi connectivity index (χ3n) is 2.23. The molecule has 0 spiro atoms. The van der Waals surface area contributed by atoms with Gasteiger partial charge < -0.3 is 5.32 Å². The summed E-state index contributed by atoms with van der Waals surface area (Å²) < 4.78 is 0.884. The Bertz CT molecular complexity index is 287. The highest BCUT2D eigenvalue weighted by Gasteiger charge is 1.96. The van der Waals surface area contributed by atoms with Crippen LogP contribution in [0.25, 0.3) is 0 Å². The average molecular weight is 271 g/mol. The van der Waals surface area contributed by atoms with Crippen molar-refractivity contribution in [2.75, 3.05) is 11.9 Å². The van der Waals surface area contributed by atoms with Gasteiger partial charge in [-0.25, -0.2) is 4.98 Å². The fourth-order valence-corrected chi connectivity index (χ4v) is 1.74. The van der Waals surface area contributed by atoms with Crippen LogP contribution in [0.4, 0.5) is 5.82 Å². The molecule has 1 N–H and O–H groups in total. The number of nitrogens with one attached hydrogen (secondary N) is 1. The van der Waals surface area contributed by atoms with Gasteiger partial charge in [-0.15, -0.1) is 0 Å². The van der Waals surface area contributed by atoms with Gasteiger partial charge in [-0.1, -0.05) is 32.8 Å². The molecule has 3 heteroatoms. The predicted molar refractivity (Wildman–Crippen MR) is 69.1 cm³/mol. The van der Waals surface area contributed by atoms with Gasteiger partial charge in [-0.3, -0.25) is 0 Å². The van der Waals surface area contributed by atoms with Crippen LogP contribution in [0.3, 0.4) is 0 Å². The topological polar surface area (TPSA) is 24.9 Å². The molecule has 0 saturated heterocycles. The van der Waals surface area contributed by atoms with E-state index in [0.29, 0.717) is 0 Å². The summed E-state index contributed by atoms with van der Waals surface area (Å²) in [6.45, 7) is 5.54. The summed E-state index contributed by atoms with van der Waals surface area (Å²) in [7, 11) is 0. The quantitative estimate of drug-likeness (QED) is 0.623. The van der Waals surface area contributed by atoms with Crippen molar-refractivity contribution in [3.63, 3.8) is 0 Å². The average Bonchev–Trinajstić information content (AvgIpc) is 2.17. The first-order valence-corrected chi connectivity index (χ1v) is 6.34. The Hall–Kier alpha value is -0.570. The molecule has 0 saturated carbocycles. The van der Waals surface area contributed by atoms with Gasteiger partial charge in [-0.2, -0.15) is 0 Å². The van der Waals surface area contributed by atoms with Crippen LogP contribution in [0.1, 0.15) is 33.1 Å². The molecule has 15 heavy (non-hydrogen) atoms. The Morgan fingerprint density at radius 3 is 2.80 bits per heavy atom. The van der Waals surface area contributed by atoms with Crippen molar-refractivity contribution in [2.24, 2.45) is 5.92 Å². The lowest BCUT2D eigenvalue weighted by Gasteiger charge is -2.06. The number of halogens is 1. The van der Waals surface area contributed by atoms with Crippen molar-refractivity contribution < 1.29 is 0 Å². The number of aromatic nitrogens is 1. The van der Waals surface area contributed by atoms with E-state index in [9.17, 15) is 0 Å². The van der Waals surface area contributed by atoms with Gasteiger partial charge in [0.1, 0.15) is 10.4 Å². The first-order valence-electron chi connectivity index (χ1n) is 5.55. The highest BCUT2D eigenvalue weighted by atomic mass is 79.9. The van der Waals surface area contributed by atoms with Crippen molar-refractivity contribution >= 4 is 21.7 Å². The van der Waals surface area contributed by atoms with E-state index in [1.165, 1.54) is 19.3 Å². The molecule has 0 aliphatic rings. The molecular formula is C12H19BrN2. The Morgan fingerprint density at radius 2 is 2.13 bits per heavy atom. The minimum absolute atomic E-state index is 0.814. The van der Waals surface area contributed by atoms with E-state index < -0.39 is 0 Å². The molecule has 0 aromatic carbocycles. The van der Waals surface area contributed by atoms with Gasteiger partial charge in [-0.05, 0) is 40.4 Å². The van der Waals surface area contributed by atoms with Crippen LogP contribution in [0.15, 0.2) is 22.8 Å². The summed E-state index contributed by atoms with van der Waals surface area (Å²) in [5, 5.41) is 3.32. The molecular weight excluding hydrogens is 252 g/mol. The zero-order valence-electron chi connectivity index (χ0n) is 9.46. The summed E-state index contributed by atoms with van der Waals surface area (Å²) in [4.78, 5) is 4.31. The molecule has 0 unspecified atom stereocenters. The molecule has 1 heterocycles. The first-order chi connectivity index (χ1) is 7.18. The van der Waals surface area contributed by atoms with E-state index in [1.807, 2.05) is 18.2 Å². The van der Waals surface area contributed by atoms with Crippen molar-refractivity contribution in [2.45, 2.75) is 33.1 Å². The van der Waals surface area contributed by atoms with Crippen molar-refractivity contribution in [1.29, 1.82) is 0 Å². The first kappa shape index (κ1) is 12.5. The summed E-state index contributed by atoms with van der Waals surface area (Å²) in [6, 6.07) is 5.92. The Balaban J connectivity index is 2.15. The van der Waals surface area contributed by atoms with Crippen molar-refractivity contribution in [3.05, 3.63) is 22.8 Å². The molecule has 0 aliphatic carbocycles. The molecule has 1 rings (SSSR count). The predicted octanol–water partition coefficient (Wildman–Crippen LogP) is 4.08. The fourth-order valence-electron chi connectivity index (χ4n) is 1.40. The van der Waals surface area contributed by atoms with Gasteiger partial charge in [0.15, 0.2) is 0 Å². The highest BCUT2D eigenvalue weighted by molar-refractivity contribution is 9.10. The molecule has 84 valence electrons. The lowest BCUT2D eigenvalue weighted by atomic mass is 10.1. The van der Waals surface area contributed by atoms with Crippen LogP contribution >= 0.6 is 15.9 Å². The number of unbranched alkanes of at least 4 members (excludes halogenated alkanes) is 1. The van der Waals surface area contributed by atoms with Gasteiger partial charge in [0, 0.05) is 6.54 Å². The Kier molecular flexibility index (Phi) is 5.69. The van der Waals surface area contributed by atoms with Gasteiger partial charge in [0.2, 0.25) is 0 Å². The lowest BCUT2D eigenvalue weighted by Crippen LogP contribution is -2.03. The Morgan fingerprint density at radius 1 is 1.33 bits per heavy atom. The summed E-state index contributed by atoms with van der Waals surface area (Å²) >= 11 is 3.35. The molecule has 0 aliphatic heterocycles. The smallest absolute Gasteiger partial charge is 0.127 e. The van der Waals surface area contributed by atoms with E-state index in [1.54, 1.807) is 0 Å². The van der Waals surface area contributed by atoms with Gasteiger partial charge >= 0.3 is 0 Å². The highest BCUT2D eigenvalue weighted by Crippen LogP contribution is 2.11. The van der Waals surface area contributed by atoms with Gasteiger partial charge in [0.25, 0.3) is 0 Å². The number of hydrogen-bond donors (Lipinski definition) is 1. The number of anilines is 1. The van der Waals surface area contributed by atoms with Crippen molar-refractivity contribution in [1.82, 2.24) is 4.98 Å². The van der Waals surface area contributed by atoms with E-state index >= 15 is 0 Å². The molecule has 2 nitrogen and oxygen atoms in total. The second-order valence-electron chi connectivity index (χ2n) is 4.16. The largest absolute Gasteiger partial charge is 0.370 e. The van der Waals surface area contributed by atoms with Crippen LogP contribution in [0.2, 0.25) is 0 Å². The minimum atomic E-state index is 0.814. The normalized spacial score (nSPS) is 10.7. The zero-order valence-corrected chi connectivity index (χ0v) is 11.0. The fraction of sp³-hybridized carbons (Fsp3) is 0.583. The van der Waals surface area contributed by atoms with Crippen molar-refractivity contribution in [3.8, 4) is 0 Å².